The van der Waals surface area contributed by atoms with Crippen molar-refractivity contribution in [2.75, 3.05) is 6.54 Å². The highest BCUT2D eigenvalue weighted by Gasteiger charge is 2.42. The van der Waals surface area contributed by atoms with Crippen LogP contribution in [0, 0.1) is 5.92 Å². The number of nitrogens with two attached hydrogens (primary N) is 1. The maximum absolute atomic E-state index is 12.0. The molecule has 21 heavy (non-hydrogen) atoms. The molecule has 5 nitrogen and oxygen atoms in total. The zero-order valence-electron chi connectivity index (χ0n) is 11.0. The normalized spacial score (nSPS) is 19.5. The number of nitrogens with one attached hydrogen (secondary N) is 1. The molecule has 0 spiro atoms. The fraction of sp³-hybridized carbons (Fsp3) is 0.385. The molecule has 2 unspecified atom stereocenters. The quantitative estimate of drug-likeness (QED) is 0.454. The molecule has 0 fully saturated rings. The lowest BCUT2D eigenvalue weighted by atomic mass is 10.0. The van der Waals surface area contributed by atoms with Crippen molar-refractivity contribution in [3.05, 3.63) is 36.5 Å². The fourth-order valence-electron chi connectivity index (χ4n) is 1.49. The van der Waals surface area contributed by atoms with Gasteiger partial charge in [0, 0.05) is 6.54 Å². The van der Waals surface area contributed by atoms with Crippen LogP contribution in [0.1, 0.15) is 6.42 Å². The van der Waals surface area contributed by atoms with Gasteiger partial charge < -0.3 is 15.8 Å². The number of allylic oxidation sites excluding steroid dienone is 5. The van der Waals surface area contributed by atoms with E-state index in [0.29, 0.717) is 0 Å². The van der Waals surface area contributed by atoms with E-state index >= 15 is 0 Å². The number of alkyl halides is 3. The van der Waals surface area contributed by atoms with Crippen LogP contribution in [0.15, 0.2) is 36.5 Å². The van der Waals surface area contributed by atoms with Gasteiger partial charge in [-0.3, -0.25) is 4.79 Å². The van der Waals surface area contributed by atoms with Gasteiger partial charge in [-0.05, 0) is 18.4 Å². The first-order chi connectivity index (χ1) is 9.82. The van der Waals surface area contributed by atoms with E-state index in [2.05, 4.69) is 10.1 Å². The van der Waals surface area contributed by atoms with E-state index < -0.39 is 30.8 Å². The summed E-state index contributed by atoms with van der Waals surface area (Å²) in [6.07, 6.45) is 4.30. The van der Waals surface area contributed by atoms with Gasteiger partial charge in [-0.25, -0.2) is 4.79 Å². The summed E-state index contributed by atoms with van der Waals surface area (Å²) in [4.78, 5) is 22.1. The number of hydrogen-bond acceptors (Lipinski definition) is 4. The molecule has 0 radical (unpaired) electrons. The molecule has 8 heteroatoms. The van der Waals surface area contributed by atoms with Gasteiger partial charge in [-0.15, -0.1) is 0 Å². The Morgan fingerprint density at radius 1 is 1.43 bits per heavy atom. The summed E-state index contributed by atoms with van der Waals surface area (Å²) >= 11 is 0. The Morgan fingerprint density at radius 3 is 2.67 bits per heavy atom. The van der Waals surface area contributed by atoms with Crippen molar-refractivity contribution >= 4 is 11.9 Å². The molecule has 0 heterocycles. The summed E-state index contributed by atoms with van der Waals surface area (Å²) in [7, 11) is 0. The molecule has 2 atom stereocenters. The zero-order chi connectivity index (χ0) is 15.9. The molecule has 3 N–H and O–H groups in total. The Balaban J connectivity index is 2.47. The van der Waals surface area contributed by atoms with Crippen LogP contribution in [-0.4, -0.2) is 30.8 Å². The highest BCUT2D eigenvalue weighted by molar-refractivity contribution is 5.88. The van der Waals surface area contributed by atoms with Gasteiger partial charge in [-0.2, -0.15) is 13.2 Å². The summed E-state index contributed by atoms with van der Waals surface area (Å²) < 4.78 is 40.1. The minimum absolute atomic E-state index is 0.0369. The van der Waals surface area contributed by atoms with Gasteiger partial charge in [0.2, 0.25) is 5.91 Å². The van der Waals surface area contributed by atoms with Crippen molar-refractivity contribution in [3.63, 3.8) is 0 Å². The molecule has 0 bridgehead atoms. The first-order valence-corrected chi connectivity index (χ1v) is 6.13. The second-order valence-electron chi connectivity index (χ2n) is 4.21. The van der Waals surface area contributed by atoms with Gasteiger partial charge in [0.15, 0.2) is 6.23 Å². The lowest BCUT2D eigenvalue weighted by Gasteiger charge is -2.17. The largest absolute Gasteiger partial charge is 0.491 e. The zero-order valence-corrected chi connectivity index (χ0v) is 11.0. The van der Waals surface area contributed by atoms with Crippen LogP contribution in [0.3, 0.4) is 0 Å². The van der Waals surface area contributed by atoms with Gasteiger partial charge in [-0.1, -0.05) is 30.4 Å². The first-order valence-electron chi connectivity index (χ1n) is 6.13. The molecule has 0 aromatic rings. The van der Waals surface area contributed by atoms with Gasteiger partial charge in [0.25, 0.3) is 0 Å². The monoisotopic (exact) mass is 304 g/mol. The van der Waals surface area contributed by atoms with Gasteiger partial charge in [0.05, 0.1) is 0 Å². The average molecular weight is 304 g/mol. The summed E-state index contributed by atoms with van der Waals surface area (Å²) in [6.45, 7) is -0.465. The van der Waals surface area contributed by atoms with Crippen LogP contribution in [0.25, 0.3) is 0 Å². The second kappa shape index (κ2) is 7.63. The molecule has 1 rings (SSSR count). The van der Waals surface area contributed by atoms with E-state index in [-0.39, 0.29) is 5.92 Å². The number of amides is 1. The lowest BCUT2D eigenvalue weighted by Crippen LogP contribution is -2.45. The maximum Gasteiger partial charge on any atom is 0.491 e. The van der Waals surface area contributed by atoms with E-state index in [1.165, 1.54) is 0 Å². The van der Waals surface area contributed by atoms with E-state index in [0.717, 1.165) is 12.5 Å². The second-order valence-corrected chi connectivity index (χ2v) is 4.21. The molecule has 1 aliphatic carbocycles. The Labute approximate surface area is 119 Å². The van der Waals surface area contributed by atoms with E-state index in [1.54, 1.807) is 6.08 Å². The molecule has 116 valence electrons. The fourth-order valence-corrected chi connectivity index (χ4v) is 1.49. The van der Waals surface area contributed by atoms with Crippen LogP contribution >= 0.6 is 0 Å². The number of carbonyl (C=O) groups is 2. The predicted molar refractivity (Wildman–Crippen MR) is 68.7 cm³/mol. The predicted octanol–water partition coefficient (Wildman–Crippen LogP) is 1.18. The summed E-state index contributed by atoms with van der Waals surface area (Å²) in [5.41, 5.74) is 5.15. The molecule has 0 saturated heterocycles. The Morgan fingerprint density at radius 2 is 2.14 bits per heavy atom. The standard InChI is InChI=1S/C13H15F3N2O3/c14-13(15,16)12(20)21-11(8-17)18-10(19)7-6-9-4-2-1-3-5-9/h1-4,6-7,9,11H,5,8,17H2,(H,18,19)/b7-6+. The molecular formula is C13H15F3N2O3. The summed E-state index contributed by atoms with van der Waals surface area (Å²) in [5.74, 6) is -3.05. The topological polar surface area (TPSA) is 81.4 Å². The number of esters is 1. The van der Waals surface area contributed by atoms with Crippen molar-refractivity contribution in [2.45, 2.75) is 18.8 Å². The minimum atomic E-state index is -5.13. The first kappa shape index (κ1) is 17.0. The maximum atomic E-state index is 12.0. The van der Waals surface area contributed by atoms with Crippen molar-refractivity contribution < 1.29 is 27.5 Å². The number of carbonyl (C=O) groups excluding carboxylic acids is 2. The Hall–Kier alpha value is -2.09. The molecule has 1 aliphatic rings. The number of rotatable bonds is 5. The van der Waals surface area contributed by atoms with Crippen molar-refractivity contribution in [3.8, 4) is 0 Å². The molecule has 1 amide bonds. The van der Waals surface area contributed by atoms with Crippen molar-refractivity contribution in [1.29, 1.82) is 0 Å². The number of halogens is 3. The van der Waals surface area contributed by atoms with E-state index in [9.17, 15) is 22.8 Å². The highest BCUT2D eigenvalue weighted by atomic mass is 19.4. The van der Waals surface area contributed by atoms with E-state index in [1.807, 2.05) is 24.3 Å². The van der Waals surface area contributed by atoms with Crippen LogP contribution in [0.5, 0.6) is 0 Å². The SMILES string of the molecule is NCC(NC(=O)/C=C/C1C=CC=CC1)OC(=O)C(F)(F)F. The Kier molecular flexibility index (Phi) is 6.16. The number of ether oxygens (including phenoxy) is 1. The Bertz CT molecular complexity index is 470. The lowest BCUT2D eigenvalue weighted by molar-refractivity contribution is -0.205. The molecule has 0 aromatic carbocycles. The van der Waals surface area contributed by atoms with Gasteiger partial charge in [0.1, 0.15) is 0 Å². The molecule has 0 saturated carbocycles. The van der Waals surface area contributed by atoms with Gasteiger partial charge >= 0.3 is 12.1 Å². The van der Waals surface area contributed by atoms with Crippen molar-refractivity contribution in [1.82, 2.24) is 5.32 Å². The van der Waals surface area contributed by atoms with Crippen molar-refractivity contribution in [2.24, 2.45) is 11.7 Å². The van der Waals surface area contributed by atoms with Crippen LogP contribution in [0.4, 0.5) is 13.2 Å². The van der Waals surface area contributed by atoms with Crippen LogP contribution in [-0.2, 0) is 14.3 Å². The summed E-state index contributed by atoms with van der Waals surface area (Å²) in [5, 5.41) is 2.07. The number of hydrogen-bond donors (Lipinski definition) is 2. The average Bonchev–Trinajstić information content (AvgIpc) is 2.44. The molecule has 0 aliphatic heterocycles. The molecular weight excluding hydrogens is 289 g/mol. The van der Waals surface area contributed by atoms with E-state index in [4.69, 9.17) is 5.73 Å². The minimum Gasteiger partial charge on any atom is -0.434 e. The van der Waals surface area contributed by atoms with Crippen LogP contribution < -0.4 is 11.1 Å². The third kappa shape index (κ3) is 6.26. The summed E-state index contributed by atoms with van der Waals surface area (Å²) in [6, 6.07) is 0. The third-order valence-corrected chi connectivity index (χ3v) is 2.51. The smallest absolute Gasteiger partial charge is 0.434 e. The molecule has 0 aromatic heterocycles. The third-order valence-electron chi connectivity index (χ3n) is 2.51. The highest BCUT2D eigenvalue weighted by Crippen LogP contribution is 2.17. The van der Waals surface area contributed by atoms with Crippen LogP contribution in [0.2, 0.25) is 0 Å².